The number of hydrogen-bond acceptors (Lipinski definition) is 4. The van der Waals surface area contributed by atoms with Crippen LogP contribution < -0.4 is 9.47 Å². The molecule has 0 saturated heterocycles. The Kier molecular flexibility index (Phi) is 3.90. The van der Waals surface area contributed by atoms with Gasteiger partial charge in [-0.1, -0.05) is 6.92 Å². The molecule has 2 aromatic rings. The second-order valence-corrected chi connectivity index (χ2v) is 5.00. The van der Waals surface area contributed by atoms with Crippen LogP contribution in [0.5, 0.6) is 11.5 Å². The Hall–Kier alpha value is -2.30. The lowest BCUT2D eigenvalue weighted by atomic mass is 10.1. The summed E-state index contributed by atoms with van der Waals surface area (Å²) in [7, 11) is 0. The third-order valence-electron chi connectivity index (χ3n) is 3.45. The lowest BCUT2D eigenvalue weighted by Gasteiger charge is -2.18. The minimum absolute atomic E-state index is 0.0375. The third-order valence-corrected chi connectivity index (χ3v) is 3.45. The minimum atomic E-state index is 0.0375. The number of carbonyl (C=O) groups is 1. The predicted molar refractivity (Wildman–Crippen MR) is 78.0 cm³/mol. The molecule has 1 aromatic carbocycles. The zero-order chi connectivity index (χ0) is 14.7. The Balaban J connectivity index is 1.77. The van der Waals surface area contributed by atoms with Crippen molar-refractivity contribution >= 4 is 5.78 Å². The Morgan fingerprint density at radius 1 is 1.29 bits per heavy atom. The first kappa shape index (κ1) is 13.7. The van der Waals surface area contributed by atoms with E-state index in [4.69, 9.17) is 9.47 Å². The smallest absolute Gasteiger partial charge is 0.170 e. The first-order valence-corrected chi connectivity index (χ1v) is 7.21. The van der Waals surface area contributed by atoms with Gasteiger partial charge in [0.15, 0.2) is 17.3 Å². The molecule has 21 heavy (non-hydrogen) atoms. The monoisotopic (exact) mass is 286 g/mol. The third kappa shape index (κ3) is 2.91. The minimum Gasteiger partial charge on any atom is -0.486 e. The molecule has 0 spiro atoms. The van der Waals surface area contributed by atoms with Crippen LogP contribution in [-0.4, -0.2) is 28.5 Å². The number of imidazole rings is 1. The number of nitrogens with zero attached hydrogens (tertiary/aromatic N) is 2. The number of ether oxygens (including phenoxy) is 2. The lowest BCUT2D eigenvalue weighted by molar-refractivity contribution is 0.0988. The van der Waals surface area contributed by atoms with Gasteiger partial charge in [0.1, 0.15) is 19.0 Å². The lowest BCUT2D eigenvalue weighted by Crippen LogP contribution is -2.16. The molecule has 2 heterocycles. The van der Waals surface area contributed by atoms with Gasteiger partial charge in [-0.25, -0.2) is 4.98 Å². The molecule has 0 radical (unpaired) electrons. The van der Waals surface area contributed by atoms with Gasteiger partial charge in [0, 0.05) is 24.5 Å². The van der Waals surface area contributed by atoms with Gasteiger partial charge in [-0.15, -0.1) is 0 Å². The highest BCUT2D eigenvalue weighted by Crippen LogP contribution is 2.31. The summed E-state index contributed by atoms with van der Waals surface area (Å²) in [5.74, 6) is 2.18. The van der Waals surface area contributed by atoms with Gasteiger partial charge in [-0.05, 0) is 24.6 Å². The van der Waals surface area contributed by atoms with Gasteiger partial charge < -0.3 is 14.0 Å². The van der Waals surface area contributed by atoms with E-state index in [1.165, 1.54) is 0 Å². The highest BCUT2D eigenvalue weighted by molar-refractivity contribution is 5.97. The van der Waals surface area contributed by atoms with Crippen LogP contribution >= 0.6 is 0 Å². The van der Waals surface area contributed by atoms with Gasteiger partial charge in [0.25, 0.3) is 0 Å². The van der Waals surface area contributed by atoms with Crippen molar-refractivity contribution in [2.24, 2.45) is 0 Å². The van der Waals surface area contributed by atoms with E-state index in [-0.39, 0.29) is 5.78 Å². The highest BCUT2D eigenvalue weighted by atomic mass is 16.6. The van der Waals surface area contributed by atoms with Crippen LogP contribution in [0.15, 0.2) is 30.6 Å². The average Bonchev–Trinajstić information content (AvgIpc) is 2.94. The number of benzene rings is 1. The first-order chi connectivity index (χ1) is 10.3. The number of hydrogen-bond donors (Lipinski definition) is 0. The van der Waals surface area contributed by atoms with Gasteiger partial charge in [0.05, 0.1) is 6.42 Å². The summed E-state index contributed by atoms with van der Waals surface area (Å²) in [5, 5.41) is 0. The largest absolute Gasteiger partial charge is 0.486 e. The zero-order valence-electron chi connectivity index (χ0n) is 12.0. The maximum absolute atomic E-state index is 12.4. The normalized spacial score (nSPS) is 13.2. The van der Waals surface area contributed by atoms with Gasteiger partial charge >= 0.3 is 0 Å². The fourth-order valence-corrected chi connectivity index (χ4v) is 2.41. The van der Waals surface area contributed by atoms with Crippen LogP contribution in [0.3, 0.4) is 0 Å². The quantitative estimate of drug-likeness (QED) is 0.792. The molecule has 1 aliphatic rings. The molecular formula is C16H18N2O3. The van der Waals surface area contributed by atoms with Crippen LogP contribution in [0.25, 0.3) is 0 Å². The molecular weight excluding hydrogens is 268 g/mol. The van der Waals surface area contributed by atoms with Crippen molar-refractivity contribution in [1.29, 1.82) is 0 Å². The topological polar surface area (TPSA) is 53.4 Å². The maximum Gasteiger partial charge on any atom is 0.170 e. The van der Waals surface area contributed by atoms with Crippen LogP contribution in [-0.2, 0) is 13.0 Å². The second kappa shape index (κ2) is 5.99. The second-order valence-electron chi connectivity index (χ2n) is 5.00. The zero-order valence-corrected chi connectivity index (χ0v) is 12.0. The Labute approximate surface area is 123 Å². The number of ketones is 1. The average molecular weight is 286 g/mol. The summed E-state index contributed by atoms with van der Waals surface area (Å²) in [6.07, 6.45) is 4.96. The fraction of sp³-hybridized carbons (Fsp3) is 0.375. The standard InChI is InChI=1S/C16H18N2O3/c1-2-6-18-7-5-17-16(18)11-13(19)12-3-4-14-15(10-12)21-9-8-20-14/h3-5,7,10H,2,6,8-9,11H2,1H3. The fourth-order valence-electron chi connectivity index (χ4n) is 2.41. The molecule has 1 aromatic heterocycles. The van der Waals surface area contributed by atoms with Crippen LogP contribution in [0.2, 0.25) is 0 Å². The van der Waals surface area contributed by atoms with E-state index in [0.717, 1.165) is 18.8 Å². The number of Topliss-reactive ketones (excluding diaryl/α,β-unsaturated/α-hetero) is 1. The Bertz CT molecular complexity index is 649. The SMILES string of the molecule is CCCn1ccnc1CC(=O)c1ccc2c(c1)OCCO2. The first-order valence-electron chi connectivity index (χ1n) is 7.21. The molecule has 0 fully saturated rings. The molecule has 3 rings (SSSR count). The van der Waals surface area contributed by atoms with Crippen molar-refractivity contribution in [3.8, 4) is 11.5 Å². The molecule has 0 aliphatic carbocycles. The summed E-state index contributed by atoms with van der Waals surface area (Å²) >= 11 is 0. The van der Waals surface area contributed by atoms with Gasteiger partial charge in [0.2, 0.25) is 0 Å². The van der Waals surface area contributed by atoms with Crippen molar-refractivity contribution < 1.29 is 14.3 Å². The number of rotatable bonds is 5. The molecule has 5 heteroatoms. The van der Waals surface area contributed by atoms with Crippen LogP contribution in [0, 0.1) is 0 Å². The van der Waals surface area contributed by atoms with E-state index in [1.54, 1.807) is 24.4 Å². The molecule has 110 valence electrons. The van der Waals surface area contributed by atoms with E-state index in [1.807, 2.05) is 10.8 Å². The van der Waals surface area contributed by atoms with E-state index < -0.39 is 0 Å². The van der Waals surface area contributed by atoms with Crippen molar-refractivity contribution in [3.63, 3.8) is 0 Å². The van der Waals surface area contributed by atoms with E-state index in [9.17, 15) is 4.79 Å². The highest BCUT2D eigenvalue weighted by Gasteiger charge is 2.16. The van der Waals surface area contributed by atoms with Crippen molar-refractivity contribution in [3.05, 3.63) is 42.0 Å². The molecule has 1 aliphatic heterocycles. The maximum atomic E-state index is 12.4. The molecule has 0 saturated carbocycles. The molecule has 5 nitrogen and oxygen atoms in total. The number of aromatic nitrogens is 2. The molecule has 0 atom stereocenters. The Morgan fingerprint density at radius 3 is 2.90 bits per heavy atom. The molecule has 0 amide bonds. The molecule has 0 unspecified atom stereocenters. The number of fused-ring (bicyclic) bond motifs is 1. The summed E-state index contributed by atoms with van der Waals surface area (Å²) in [6, 6.07) is 5.33. The van der Waals surface area contributed by atoms with E-state index in [2.05, 4.69) is 11.9 Å². The molecule has 0 bridgehead atoms. The van der Waals surface area contributed by atoms with E-state index in [0.29, 0.717) is 36.7 Å². The van der Waals surface area contributed by atoms with Crippen molar-refractivity contribution in [2.75, 3.05) is 13.2 Å². The summed E-state index contributed by atoms with van der Waals surface area (Å²) < 4.78 is 13.0. The van der Waals surface area contributed by atoms with Gasteiger partial charge in [-0.3, -0.25) is 4.79 Å². The number of aryl methyl sites for hydroxylation is 1. The summed E-state index contributed by atoms with van der Waals surface area (Å²) in [4.78, 5) is 16.7. The van der Waals surface area contributed by atoms with Crippen LogP contribution in [0.1, 0.15) is 29.5 Å². The summed E-state index contributed by atoms with van der Waals surface area (Å²) in [5.41, 5.74) is 0.630. The summed E-state index contributed by atoms with van der Waals surface area (Å²) in [6.45, 7) is 4.05. The van der Waals surface area contributed by atoms with Crippen LogP contribution in [0.4, 0.5) is 0 Å². The van der Waals surface area contributed by atoms with E-state index >= 15 is 0 Å². The Morgan fingerprint density at radius 2 is 2.10 bits per heavy atom. The molecule has 0 N–H and O–H groups in total. The van der Waals surface area contributed by atoms with Crippen molar-refractivity contribution in [1.82, 2.24) is 9.55 Å². The van der Waals surface area contributed by atoms with Gasteiger partial charge in [-0.2, -0.15) is 0 Å². The predicted octanol–water partition coefficient (Wildman–Crippen LogP) is 2.49. The number of carbonyl (C=O) groups excluding carboxylic acids is 1. The van der Waals surface area contributed by atoms with Crippen molar-refractivity contribution in [2.45, 2.75) is 26.3 Å².